The van der Waals surface area contributed by atoms with Crippen molar-refractivity contribution in [1.82, 2.24) is 4.98 Å². The van der Waals surface area contributed by atoms with Gasteiger partial charge in [-0.15, -0.1) is 0 Å². The average molecular weight is 263 g/mol. The van der Waals surface area contributed by atoms with E-state index in [2.05, 4.69) is 27.6 Å². The van der Waals surface area contributed by atoms with Crippen LogP contribution in [0.25, 0.3) is 0 Å². The monoisotopic (exact) mass is 263 g/mol. The molecule has 11 heavy (non-hydrogen) atoms. The maximum Gasteiger partial charge on any atom is 0.104 e. The number of hydrogen-bond donors (Lipinski definition) is 1. The number of pyridine rings is 1. The van der Waals surface area contributed by atoms with E-state index in [1.807, 2.05) is 13.0 Å². The number of hydrogen-bond acceptors (Lipinski definition) is 2. The molecule has 0 saturated carbocycles. The zero-order valence-electron chi connectivity index (χ0n) is 6.50. The molecule has 1 atom stereocenters. The Morgan fingerprint density at radius 2 is 2.27 bits per heavy atom. The summed E-state index contributed by atoms with van der Waals surface area (Å²) in [7, 11) is 0. The highest BCUT2D eigenvalue weighted by Crippen LogP contribution is 2.15. The summed E-state index contributed by atoms with van der Waals surface area (Å²) in [5.41, 5.74) is 1.99. The van der Waals surface area contributed by atoms with Gasteiger partial charge in [-0.3, -0.25) is 0 Å². The van der Waals surface area contributed by atoms with Crippen molar-refractivity contribution in [3.05, 3.63) is 27.1 Å². The second kappa shape index (κ2) is 3.49. The first-order valence-electron chi connectivity index (χ1n) is 3.41. The van der Waals surface area contributed by atoms with Crippen molar-refractivity contribution in [2.45, 2.75) is 20.0 Å². The predicted molar refractivity (Wildman–Crippen MR) is 52.3 cm³/mol. The maximum absolute atomic E-state index is 9.20. The van der Waals surface area contributed by atoms with Crippen LogP contribution in [0, 0.1) is 10.6 Å². The molecule has 0 amide bonds. The van der Waals surface area contributed by atoms with Gasteiger partial charge in [-0.25, -0.2) is 4.98 Å². The van der Waals surface area contributed by atoms with Gasteiger partial charge in [0.1, 0.15) is 3.70 Å². The molecule has 3 heteroatoms. The Balaban J connectivity index is 3.05. The molecule has 1 aromatic heterocycles. The first-order valence-corrected chi connectivity index (χ1v) is 4.49. The molecule has 60 valence electrons. The Kier molecular flexibility index (Phi) is 2.84. The van der Waals surface area contributed by atoms with Crippen molar-refractivity contribution < 1.29 is 5.11 Å². The summed E-state index contributed by atoms with van der Waals surface area (Å²) in [5, 5.41) is 9.20. The zero-order chi connectivity index (χ0) is 8.43. The van der Waals surface area contributed by atoms with Crippen LogP contribution in [0.15, 0.2) is 12.3 Å². The number of aryl methyl sites for hydroxylation is 1. The van der Waals surface area contributed by atoms with Gasteiger partial charge in [0.25, 0.3) is 0 Å². The molecule has 0 bridgehead atoms. The molecule has 1 N–H and O–H groups in total. The van der Waals surface area contributed by atoms with Crippen LogP contribution in [0.4, 0.5) is 0 Å². The van der Waals surface area contributed by atoms with Crippen molar-refractivity contribution in [2.75, 3.05) is 0 Å². The van der Waals surface area contributed by atoms with E-state index in [4.69, 9.17) is 0 Å². The molecule has 0 aliphatic rings. The Labute approximate surface area is 79.8 Å². The SMILES string of the molecule is Cc1cc(C(C)O)cnc1I. The first-order chi connectivity index (χ1) is 5.11. The molecule has 2 nitrogen and oxygen atoms in total. The van der Waals surface area contributed by atoms with Crippen LogP contribution in [0.2, 0.25) is 0 Å². The van der Waals surface area contributed by atoms with Gasteiger partial charge in [-0.1, -0.05) is 0 Å². The fourth-order valence-corrected chi connectivity index (χ4v) is 1.10. The summed E-state index contributed by atoms with van der Waals surface area (Å²) in [6.45, 7) is 3.73. The molecule has 0 radical (unpaired) electrons. The van der Waals surface area contributed by atoms with E-state index in [0.29, 0.717) is 0 Å². The third kappa shape index (κ3) is 2.13. The molecule has 1 heterocycles. The number of halogens is 1. The van der Waals surface area contributed by atoms with Crippen LogP contribution in [0.3, 0.4) is 0 Å². The van der Waals surface area contributed by atoms with Crippen LogP contribution in [-0.4, -0.2) is 10.1 Å². The molecule has 0 fully saturated rings. The normalized spacial score (nSPS) is 13.1. The molecule has 0 aromatic carbocycles. The molecule has 0 saturated heterocycles. The summed E-state index contributed by atoms with van der Waals surface area (Å²) in [6.07, 6.45) is 1.29. The van der Waals surface area contributed by atoms with E-state index in [-0.39, 0.29) is 0 Å². The van der Waals surface area contributed by atoms with Crippen LogP contribution in [0.1, 0.15) is 24.2 Å². The van der Waals surface area contributed by atoms with E-state index in [1.54, 1.807) is 13.1 Å². The summed E-state index contributed by atoms with van der Waals surface area (Å²) >= 11 is 2.17. The average Bonchev–Trinajstić information content (AvgIpc) is 1.94. The number of aliphatic hydroxyl groups is 1. The summed E-state index contributed by atoms with van der Waals surface area (Å²) < 4.78 is 0.993. The highest BCUT2D eigenvalue weighted by Gasteiger charge is 2.02. The zero-order valence-corrected chi connectivity index (χ0v) is 8.66. The second-order valence-electron chi connectivity index (χ2n) is 2.55. The minimum absolute atomic E-state index is 0.418. The molecule has 0 aliphatic carbocycles. The molecule has 1 aromatic rings. The minimum atomic E-state index is -0.418. The van der Waals surface area contributed by atoms with Crippen LogP contribution in [0.5, 0.6) is 0 Å². The molecule has 1 unspecified atom stereocenters. The third-order valence-electron chi connectivity index (χ3n) is 1.52. The number of aromatic nitrogens is 1. The van der Waals surface area contributed by atoms with Gasteiger partial charge in [0.15, 0.2) is 0 Å². The minimum Gasteiger partial charge on any atom is -0.389 e. The van der Waals surface area contributed by atoms with Gasteiger partial charge in [0, 0.05) is 6.20 Å². The highest BCUT2D eigenvalue weighted by atomic mass is 127. The van der Waals surface area contributed by atoms with E-state index >= 15 is 0 Å². The lowest BCUT2D eigenvalue weighted by atomic mass is 10.1. The molecular weight excluding hydrogens is 253 g/mol. The van der Waals surface area contributed by atoms with Crippen LogP contribution < -0.4 is 0 Å². The van der Waals surface area contributed by atoms with Crippen molar-refractivity contribution in [3.8, 4) is 0 Å². The van der Waals surface area contributed by atoms with Crippen molar-refractivity contribution in [2.24, 2.45) is 0 Å². The number of rotatable bonds is 1. The van der Waals surface area contributed by atoms with Gasteiger partial charge in [0.05, 0.1) is 6.10 Å². The molecule has 0 aliphatic heterocycles. The Morgan fingerprint density at radius 3 is 2.73 bits per heavy atom. The van der Waals surface area contributed by atoms with Gasteiger partial charge in [-0.05, 0) is 53.6 Å². The van der Waals surface area contributed by atoms with E-state index in [1.165, 1.54) is 0 Å². The van der Waals surface area contributed by atoms with E-state index < -0.39 is 6.10 Å². The number of nitrogens with zero attached hydrogens (tertiary/aromatic N) is 1. The lowest BCUT2D eigenvalue weighted by Gasteiger charge is -2.05. The van der Waals surface area contributed by atoms with E-state index in [0.717, 1.165) is 14.8 Å². The van der Waals surface area contributed by atoms with Crippen LogP contribution in [-0.2, 0) is 0 Å². The van der Waals surface area contributed by atoms with Crippen molar-refractivity contribution >= 4 is 22.6 Å². The first kappa shape index (κ1) is 8.93. The predicted octanol–water partition coefficient (Wildman–Crippen LogP) is 2.05. The highest BCUT2D eigenvalue weighted by molar-refractivity contribution is 14.1. The Bertz CT molecular complexity index is 260. The topological polar surface area (TPSA) is 33.1 Å². The van der Waals surface area contributed by atoms with Crippen LogP contribution >= 0.6 is 22.6 Å². The summed E-state index contributed by atoms with van der Waals surface area (Å²) in [6, 6.07) is 1.96. The number of aliphatic hydroxyl groups excluding tert-OH is 1. The standard InChI is InChI=1S/C8H10INO/c1-5-3-7(6(2)11)4-10-8(5)9/h3-4,6,11H,1-2H3. The third-order valence-corrected chi connectivity index (χ3v) is 2.65. The summed E-state index contributed by atoms with van der Waals surface area (Å²) in [5.74, 6) is 0. The maximum atomic E-state index is 9.20. The Morgan fingerprint density at radius 1 is 1.64 bits per heavy atom. The largest absolute Gasteiger partial charge is 0.389 e. The molecule has 1 rings (SSSR count). The lowest BCUT2D eigenvalue weighted by molar-refractivity contribution is 0.199. The van der Waals surface area contributed by atoms with Crippen molar-refractivity contribution in [1.29, 1.82) is 0 Å². The van der Waals surface area contributed by atoms with E-state index in [9.17, 15) is 5.11 Å². The quantitative estimate of drug-likeness (QED) is 0.621. The van der Waals surface area contributed by atoms with Gasteiger partial charge < -0.3 is 5.11 Å². The second-order valence-corrected chi connectivity index (χ2v) is 3.57. The fraction of sp³-hybridized carbons (Fsp3) is 0.375. The van der Waals surface area contributed by atoms with Gasteiger partial charge in [0.2, 0.25) is 0 Å². The summed E-state index contributed by atoms with van der Waals surface area (Å²) in [4.78, 5) is 4.13. The molecule has 0 spiro atoms. The van der Waals surface area contributed by atoms with Crippen molar-refractivity contribution in [3.63, 3.8) is 0 Å². The molecular formula is C8H10INO. The Hall–Kier alpha value is -0.160. The van der Waals surface area contributed by atoms with Gasteiger partial charge >= 0.3 is 0 Å². The smallest absolute Gasteiger partial charge is 0.104 e. The lowest BCUT2D eigenvalue weighted by Crippen LogP contribution is -1.95. The fourth-order valence-electron chi connectivity index (χ4n) is 0.808. The van der Waals surface area contributed by atoms with Gasteiger partial charge in [-0.2, -0.15) is 0 Å².